The van der Waals surface area contributed by atoms with Gasteiger partial charge in [-0.15, -0.1) is 0 Å². The zero-order valence-electron chi connectivity index (χ0n) is 8.04. The van der Waals surface area contributed by atoms with Gasteiger partial charge in [0.1, 0.15) is 0 Å². The molecule has 0 aliphatic carbocycles. The Bertz CT molecular complexity index is 250. The molecule has 0 spiro atoms. The summed E-state index contributed by atoms with van der Waals surface area (Å²) in [6.07, 6.45) is 0. The fourth-order valence-corrected chi connectivity index (χ4v) is 1.30. The normalized spacial score (nSPS) is 11.1. The summed E-state index contributed by atoms with van der Waals surface area (Å²) in [5.41, 5.74) is 7.77. The van der Waals surface area contributed by atoms with Crippen LogP contribution in [-0.4, -0.2) is 9.78 Å². The van der Waals surface area contributed by atoms with E-state index in [9.17, 15) is 0 Å². The van der Waals surface area contributed by atoms with E-state index in [0.29, 0.717) is 12.5 Å². The maximum Gasteiger partial charge on any atom is 0.0763 e. The second-order valence-electron chi connectivity index (χ2n) is 3.24. The highest BCUT2D eigenvalue weighted by atomic mass is 15.3. The van der Waals surface area contributed by atoms with E-state index in [4.69, 9.17) is 5.73 Å². The third kappa shape index (κ3) is 1.67. The van der Waals surface area contributed by atoms with Crippen molar-refractivity contribution in [2.45, 2.75) is 39.8 Å². The van der Waals surface area contributed by atoms with Crippen molar-refractivity contribution in [3.63, 3.8) is 0 Å². The first-order valence-corrected chi connectivity index (χ1v) is 4.45. The highest BCUT2D eigenvalue weighted by molar-refractivity contribution is 5.13. The van der Waals surface area contributed by atoms with E-state index in [0.717, 1.165) is 12.2 Å². The Balaban J connectivity index is 3.00. The van der Waals surface area contributed by atoms with E-state index in [-0.39, 0.29) is 0 Å². The van der Waals surface area contributed by atoms with Crippen molar-refractivity contribution >= 4 is 0 Å². The second kappa shape index (κ2) is 3.72. The van der Waals surface area contributed by atoms with Crippen LogP contribution in [0.25, 0.3) is 0 Å². The van der Waals surface area contributed by atoms with Gasteiger partial charge >= 0.3 is 0 Å². The quantitative estimate of drug-likeness (QED) is 0.741. The molecule has 0 amide bonds. The van der Waals surface area contributed by atoms with Crippen LogP contribution in [-0.2, 0) is 13.1 Å². The molecule has 0 radical (unpaired) electrons. The average Bonchev–Trinajstić information content (AvgIpc) is 2.47. The minimum atomic E-state index is 0.526. The lowest BCUT2D eigenvalue weighted by Gasteiger charge is -2.06. The molecular weight excluding hydrogens is 150 g/mol. The smallest absolute Gasteiger partial charge is 0.0763 e. The molecule has 0 aliphatic heterocycles. The van der Waals surface area contributed by atoms with E-state index in [1.807, 2.05) is 4.68 Å². The second-order valence-corrected chi connectivity index (χ2v) is 3.24. The summed E-state index contributed by atoms with van der Waals surface area (Å²) < 4.78 is 2.02. The van der Waals surface area contributed by atoms with Gasteiger partial charge in [-0.25, -0.2) is 0 Å². The van der Waals surface area contributed by atoms with E-state index in [1.54, 1.807) is 0 Å². The number of rotatable bonds is 3. The van der Waals surface area contributed by atoms with Crippen LogP contribution in [0.4, 0.5) is 0 Å². The summed E-state index contributed by atoms with van der Waals surface area (Å²) in [4.78, 5) is 0. The molecule has 68 valence electrons. The van der Waals surface area contributed by atoms with Gasteiger partial charge in [0.2, 0.25) is 0 Å². The van der Waals surface area contributed by atoms with Crippen LogP contribution in [0.15, 0.2) is 6.07 Å². The van der Waals surface area contributed by atoms with Crippen molar-refractivity contribution in [3.05, 3.63) is 17.5 Å². The fourth-order valence-electron chi connectivity index (χ4n) is 1.30. The Morgan fingerprint density at radius 2 is 2.25 bits per heavy atom. The summed E-state index contributed by atoms with van der Waals surface area (Å²) in [6.45, 7) is 7.90. The van der Waals surface area contributed by atoms with Gasteiger partial charge in [-0.05, 0) is 18.9 Å². The molecule has 0 fully saturated rings. The van der Waals surface area contributed by atoms with Gasteiger partial charge in [0.05, 0.1) is 5.69 Å². The lowest BCUT2D eigenvalue weighted by Crippen LogP contribution is -2.04. The number of nitrogens with two attached hydrogens (primary N) is 1. The first kappa shape index (κ1) is 9.26. The average molecular weight is 167 g/mol. The van der Waals surface area contributed by atoms with Crippen molar-refractivity contribution in [1.29, 1.82) is 0 Å². The molecule has 3 nitrogen and oxygen atoms in total. The topological polar surface area (TPSA) is 43.8 Å². The van der Waals surface area contributed by atoms with Crippen molar-refractivity contribution in [2.24, 2.45) is 5.73 Å². The predicted molar refractivity (Wildman–Crippen MR) is 49.9 cm³/mol. The predicted octanol–water partition coefficient (Wildman–Crippen LogP) is 1.49. The van der Waals surface area contributed by atoms with Crippen LogP contribution in [0.1, 0.15) is 38.1 Å². The first-order valence-electron chi connectivity index (χ1n) is 4.45. The molecule has 0 saturated heterocycles. The number of hydrogen-bond acceptors (Lipinski definition) is 2. The molecule has 0 bridgehead atoms. The van der Waals surface area contributed by atoms with E-state index in [1.165, 1.54) is 5.69 Å². The summed E-state index contributed by atoms with van der Waals surface area (Å²) in [7, 11) is 0. The summed E-state index contributed by atoms with van der Waals surface area (Å²) in [6, 6.07) is 2.09. The molecule has 3 heteroatoms. The van der Waals surface area contributed by atoms with Gasteiger partial charge in [0.25, 0.3) is 0 Å². The zero-order chi connectivity index (χ0) is 9.14. The number of aryl methyl sites for hydroxylation is 1. The highest BCUT2D eigenvalue weighted by Crippen LogP contribution is 2.15. The number of hydrogen-bond donors (Lipinski definition) is 1. The molecule has 0 atom stereocenters. The number of nitrogens with zero attached hydrogens (tertiary/aromatic N) is 2. The lowest BCUT2D eigenvalue weighted by molar-refractivity contribution is 0.592. The molecule has 2 N–H and O–H groups in total. The van der Waals surface area contributed by atoms with Crippen LogP contribution < -0.4 is 5.73 Å². The fraction of sp³-hybridized carbons (Fsp3) is 0.667. The van der Waals surface area contributed by atoms with Crippen LogP contribution in [0.5, 0.6) is 0 Å². The largest absolute Gasteiger partial charge is 0.325 e. The maximum absolute atomic E-state index is 5.51. The number of aromatic nitrogens is 2. The molecule has 0 saturated carbocycles. The minimum Gasteiger partial charge on any atom is -0.325 e. The minimum absolute atomic E-state index is 0.526. The van der Waals surface area contributed by atoms with Gasteiger partial charge in [0.15, 0.2) is 0 Å². The Hall–Kier alpha value is -0.830. The van der Waals surface area contributed by atoms with Gasteiger partial charge < -0.3 is 5.73 Å². The molecule has 0 aliphatic rings. The Kier molecular flexibility index (Phi) is 2.87. The van der Waals surface area contributed by atoms with Crippen molar-refractivity contribution in [2.75, 3.05) is 0 Å². The van der Waals surface area contributed by atoms with Crippen LogP contribution >= 0.6 is 0 Å². The maximum atomic E-state index is 5.51. The van der Waals surface area contributed by atoms with E-state index in [2.05, 4.69) is 31.9 Å². The standard InChI is InChI=1S/C9H17N3/c1-4-12-9(7(2)3)5-8(6-10)11-12/h5,7H,4,6,10H2,1-3H3. The van der Waals surface area contributed by atoms with Gasteiger partial charge in [-0.3, -0.25) is 4.68 Å². The summed E-state index contributed by atoms with van der Waals surface area (Å²) >= 11 is 0. The Morgan fingerprint density at radius 3 is 2.58 bits per heavy atom. The summed E-state index contributed by atoms with van der Waals surface area (Å²) in [5.74, 6) is 0.526. The SMILES string of the molecule is CCn1nc(CN)cc1C(C)C. The van der Waals surface area contributed by atoms with Gasteiger partial charge in [-0.1, -0.05) is 13.8 Å². The van der Waals surface area contributed by atoms with Crippen LogP contribution in [0, 0.1) is 0 Å². The summed E-state index contributed by atoms with van der Waals surface area (Å²) in [5, 5.41) is 4.36. The zero-order valence-corrected chi connectivity index (χ0v) is 8.04. The third-order valence-electron chi connectivity index (χ3n) is 1.96. The molecular formula is C9H17N3. The van der Waals surface area contributed by atoms with Crippen molar-refractivity contribution in [1.82, 2.24) is 9.78 Å². The van der Waals surface area contributed by atoms with Gasteiger partial charge in [-0.2, -0.15) is 5.10 Å². The van der Waals surface area contributed by atoms with Crippen LogP contribution in [0.3, 0.4) is 0 Å². The van der Waals surface area contributed by atoms with Crippen LogP contribution in [0.2, 0.25) is 0 Å². The molecule has 1 aromatic heterocycles. The van der Waals surface area contributed by atoms with Gasteiger partial charge in [0, 0.05) is 18.8 Å². The Morgan fingerprint density at radius 1 is 1.58 bits per heavy atom. The monoisotopic (exact) mass is 167 g/mol. The first-order chi connectivity index (χ1) is 5.69. The van der Waals surface area contributed by atoms with Crippen molar-refractivity contribution in [3.8, 4) is 0 Å². The van der Waals surface area contributed by atoms with E-state index >= 15 is 0 Å². The third-order valence-corrected chi connectivity index (χ3v) is 1.96. The Labute approximate surface area is 73.6 Å². The molecule has 0 aromatic carbocycles. The molecule has 0 unspecified atom stereocenters. The highest BCUT2D eigenvalue weighted by Gasteiger charge is 2.08. The molecule has 1 aromatic rings. The van der Waals surface area contributed by atoms with E-state index < -0.39 is 0 Å². The van der Waals surface area contributed by atoms with Crippen molar-refractivity contribution < 1.29 is 0 Å². The molecule has 1 rings (SSSR count). The molecule has 12 heavy (non-hydrogen) atoms. The lowest BCUT2D eigenvalue weighted by atomic mass is 10.1. The molecule has 1 heterocycles.